The molecule has 4 heteroatoms. The molecule has 1 aliphatic carbocycles. The Labute approximate surface area is 121 Å². The zero-order valence-electron chi connectivity index (χ0n) is 10.9. The van der Waals surface area contributed by atoms with Crippen molar-refractivity contribution in [2.75, 3.05) is 0 Å². The minimum absolute atomic E-state index is 0.602. The molecule has 1 heterocycles. The normalized spacial score (nSPS) is 22.2. The third-order valence-corrected chi connectivity index (χ3v) is 4.26. The molecule has 0 radical (unpaired) electrons. The number of hydrogen-bond acceptors (Lipinski definition) is 3. The second kappa shape index (κ2) is 5.47. The first-order valence-corrected chi connectivity index (χ1v) is 7.41. The van der Waals surface area contributed by atoms with Gasteiger partial charge < -0.3 is 9.84 Å². The fraction of sp³-hybridized carbons (Fsp3) is 0.400. The van der Waals surface area contributed by atoms with Gasteiger partial charge in [-0.2, -0.15) is 0 Å². The van der Waals surface area contributed by atoms with E-state index in [2.05, 4.69) is 50.7 Å². The van der Waals surface area contributed by atoms with Crippen molar-refractivity contribution in [3.63, 3.8) is 0 Å². The van der Waals surface area contributed by atoms with Crippen LogP contribution in [0.15, 0.2) is 39.3 Å². The summed E-state index contributed by atoms with van der Waals surface area (Å²) in [5.41, 5.74) is 2.43. The molecule has 1 aliphatic rings. The number of aryl methyl sites for hydroxylation is 1. The van der Waals surface area contributed by atoms with Crippen molar-refractivity contribution in [1.29, 1.82) is 0 Å². The highest BCUT2D eigenvalue weighted by Gasteiger charge is 2.29. The monoisotopic (exact) mass is 320 g/mol. The van der Waals surface area contributed by atoms with Crippen LogP contribution in [0.1, 0.15) is 35.8 Å². The van der Waals surface area contributed by atoms with Crippen LogP contribution in [0.4, 0.5) is 0 Å². The topological polar surface area (TPSA) is 38.1 Å². The van der Waals surface area contributed by atoms with Crippen LogP contribution >= 0.6 is 15.9 Å². The van der Waals surface area contributed by atoms with Gasteiger partial charge >= 0.3 is 0 Å². The van der Waals surface area contributed by atoms with Crippen molar-refractivity contribution in [3.05, 3.63) is 51.8 Å². The lowest BCUT2D eigenvalue weighted by Crippen LogP contribution is -2.39. The Balaban J connectivity index is 1.46. The Bertz CT molecular complexity index is 544. The largest absolute Gasteiger partial charge is 0.361 e. The minimum atomic E-state index is 0.602. The van der Waals surface area contributed by atoms with E-state index in [-0.39, 0.29) is 0 Å². The molecule has 1 aromatic heterocycles. The van der Waals surface area contributed by atoms with Crippen LogP contribution in [0.3, 0.4) is 0 Å². The van der Waals surface area contributed by atoms with E-state index in [0.717, 1.165) is 22.5 Å². The molecule has 3 nitrogen and oxygen atoms in total. The van der Waals surface area contributed by atoms with E-state index >= 15 is 0 Å². The molecule has 3 rings (SSSR count). The molecule has 0 aliphatic heterocycles. The van der Waals surface area contributed by atoms with Gasteiger partial charge in [0.25, 0.3) is 0 Å². The van der Waals surface area contributed by atoms with Crippen molar-refractivity contribution in [2.24, 2.45) is 0 Å². The van der Waals surface area contributed by atoms with Crippen molar-refractivity contribution in [3.8, 4) is 0 Å². The van der Waals surface area contributed by atoms with Crippen LogP contribution in [0.2, 0.25) is 0 Å². The summed E-state index contributed by atoms with van der Waals surface area (Å²) in [4.78, 5) is 0. The summed E-state index contributed by atoms with van der Waals surface area (Å²) in [7, 11) is 0. The molecule has 0 spiro atoms. The zero-order chi connectivity index (χ0) is 13.2. The van der Waals surface area contributed by atoms with E-state index in [4.69, 9.17) is 4.52 Å². The molecule has 1 saturated carbocycles. The van der Waals surface area contributed by atoms with Crippen molar-refractivity contribution >= 4 is 15.9 Å². The van der Waals surface area contributed by atoms with Crippen molar-refractivity contribution in [1.82, 2.24) is 10.5 Å². The number of aromatic nitrogens is 1. The van der Waals surface area contributed by atoms with Gasteiger partial charge in [-0.25, -0.2) is 0 Å². The van der Waals surface area contributed by atoms with Crippen LogP contribution in [0.25, 0.3) is 0 Å². The molecule has 0 bridgehead atoms. The fourth-order valence-electron chi connectivity index (χ4n) is 2.54. The molecule has 2 aromatic rings. The molecule has 1 aromatic carbocycles. The van der Waals surface area contributed by atoms with Gasteiger partial charge in [-0.15, -0.1) is 0 Å². The second-order valence-corrected chi connectivity index (χ2v) is 6.14. The van der Waals surface area contributed by atoms with Gasteiger partial charge in [0.2, 0.25) is 0 Å². The lowest BCUT2D eigenvalue weighted by molar-refractivity contribution is 0.286. The van der Waals surface area contributed by atoms with Gasteiger partial charge in [-0.1, -0.05) is 33.2 Å². The maximum absolute atomic E-state index is 5.06. The number of halogens is 1. The van der Waals surface area contributed by atoms with Crippen LogP contribution in [-0.4, -0.2) is 11.2 Å². The first kappa shape index (κ1) is 12.9. The summed E-state index contributed by atoms with van der Waals surface area (Å²) in [5, 5.41) is 7.52. The predicted molar refractivity (Wildman–Crippen MR) is 78.0 cm³/mol. The van der Waals surface area contributed by atoms with Gasteiger partial charge in [-0.3, -0.25) is 0 Å². The minimum Gasteiger partial charge on any atom is -0.361 e. The van der Waals surface area contributed by atoms with E-state index in [1.54, 1.807) is 0 Å². The van der Waals surface area contributed by atoms with Gasteiger partial charge in [-0.05, 0) is 43.4 Å². The maximum atomic E-state index is 5.06. The zero-order valence-corrected chi connectivity index (χ0v) is 12.5. The van der Waals surface area contributed by atoms with Gasteiger partial charge in [0.15, 0.2) is 0 Å². The standard InChI is InChI=1S/C15H17BrN2O/c1-10-6-15(18-19-10)9-17-14-7-12(8-14)11-2-4-13(16)5-3-11/h2-6,12,14,17H,7-9H2,1H3. The van der Waals surface area contributed by atoms with Crippen LogP contribution in [0, 0.1) is 6.92 Å². The Morgan fingerprint density at radius 1 is 1.32 bits per heavy atom. The predicted octanol–water partition coefficient (Wildman–Crippen LogP) is 3.78. The second-order valence-electron chi connectivity index (χ2n) is 5.23. The van der Waals surface area contributed by atoms with Crippen molar-refractivity contribution in [2.45, 2.75) is 38.3 Å². The summed E-state index contributed by atoms with van der Waals surface area (Å²) in [6.45, 7) is 2.72. The van der Waals surface area contributed by atoms with E-state index in [1.165, 1.54) is 18.4 Å². The Morgan fingerprint density at radius 2 is 2.05 bits per heavy atom. The number of nitrogens with one attached hydrogen (secondary N) is 1. The van der Waals surface area contributed by atoms with E-state index in [0.29, 0.717) is 12.0 Å². The SMILES string of the molecule is Cc1cc(CNC2CC(c3ccc(Br)cc3)C2)no1. The third kappa shape index (κ3) is 3.07. The summed E-state index contributed by atoms with van der Waals surface area (Å²) < 4.78 is 6.20. The Hall–Kier alpha value is -1.13. The van der Waals surface area contributed by atoms with Crippen LogP contribution in [-0.2, 0) is 6.54 Å². The molecule has 1 N–H and O–H groups in total. The van der Waals surface area contributed by atoms with Crippen molar-refractivity contribution < 1.29 is 4.52 Å². The average molecular weight is 321 g/mol. The molecule has 0 saturated heterocycles. The molecule has 0 atom stereocenters. The molecular weight excluding hydrogens is 304 g/mol. The number of rotatable bonds is 4. The molecular formula is C15H17BrN2O. The lowest BCUT2D eigenvalue weighted by Gasteiger charge is -2.36. The highest BCUT2D eigenvalue weighted by Crippen LogP contribution is 2.37. The molecule has 19 heavy (non-hydrogen) atoms. The maximum Gasteiger partial charge on any atom is 0.133 e. The molecule has 1 fully saturated rings. The summed E-state index contributed by atoms with van der Waals surface area (Å²) in [6.07, 6.45) is 2.41. The van der Waals surface area contributed by atoms with Crippen LogP contribution < -0.4 is 5.32 Å². The summed E-state index contributed by atoms with van der Waals surface area (Å²) in [6, 6.07) is 11.3. The molecule has 100 valence electrons. The van der Waals surface area contributed by atoms with Gasteiger partial charge in [0, 0.05) is 23.1 Å². The smallest absolute Gasteiger partial charge is 0.133 e. The summed E-state index contributed by atoms with van der Waals surface area (Å²) >= 11 is 3.47. The van der Waals surface area contributed by atoms with Gasteiger partial charge in [0.1, 0.15) is 5.76 Å². The highest BCUT2D eigenvalue weighted by atomic mass is 79.9. The number of hydrogen-bond donors (Lipinski definition) is 1. The highest BCUT2D eigenvalue weighted by molar-refractivity contribution is 9.10. The quantitative estimate of drug-likeness (QED) is 0.931. The van der Waals surface area contributed by atoms with E-state index in [9.17, 15) is 0 Å². The third-order valence-electron chi connectivity index (χ3n) is 3.73. The first-order valence-electron chi connectivity index (χ1n) is 6.62. The lowest BCUT2D eigenvalue weighted by atomic mass is 9.76. The molecule has 0 amide bonds. The number of nitrogens with zero attached hydrogens (tertiary/aromatic N) is 1. The van der Waals surface area contributed by atoms with E-state index in [1.807, 2.05) is 13.0 Å². The fourth-order valence-corrected chi connectivity index (χ4v) is 2.81. The average Bonchev–Trinajstić information content (AvgIpc) is 2.75. The first-order chi connectivity index (χ1) is 9.20. The van der Waals surface area contributed by atoms with E-state index < -0.39 is 0 Å². The Kier molecular flexibility index (Phi) is 3.71. The summed E-state index contributed by atoms with van der Waals surface area (Å²) in [5.74, 6) is 1.57. The van der Waals surface area contributed by atoms with Gasteiger partial charge in [0.05, 0.1) is 5.69 Å². The molecule has 0 unspecified atom stereocenters. The number of benzene rings is 1. The Morgan fingerprint density at radius 3 is 2.68 bits per heavy atom. The van der Waals surface area contributed by atoms with Crippen LogP contribution in [0.5, 0.6) is 0 Å².